The first-order valence-corrected chi connectivity index (χ1v) is 7.76. The van der Waals surface area contributed by atoms with Crippen molar-refractivity contribution in [1.82, 2.24) is 4.98 Å². The highest BCUT2D eigenvalue weighted by atomic mass is 16.6. The Morgan fingerprint density at radius 1 is 1.27 bits per heavy atom. The van der Waals surface area contributed by atoms with E-state index in [2.05, 4.69) is 9.72 Å². The molecule has 2 aromatic heterocycles. The zero-order valence-electron chi connectivity index (χ0n) is 15.3. The lowest BCUT2D eigenvalue weighted by Crippen LogP contribution is -2.32. The Morgan fingerprint density at radius 2 is 2.00 bits per heavy atom. The van der Waals surface area contributed by atoms with Crippen molar-refractivity contribution in [3.63, 3.8) is 0 Å². The van der Waals surface area contributed by atoms with Gasteiger partial charge < -0.3 is 23.4 Å². The van der Waals surface area contributed by atoms with Gasteiger partial charge in [0.1, 0.15) is 18.1 Å². The molecule has 26 heavy (non-hydrogen) atoms. The molecule has 0 aliphatic rings. The van der Waals surface area contributed by atoms with Gasteiger partial charge in [0, 0.05) is 19.4 Å². The van der Waals surface area contributed by atoms with Crippen LogP contribution in [0.15, 0.2) is 33.6 Å². The fourth-order valence-electron chi connectivity index (χ4n) is 2.06. The molecule has 0 aromatic carbocycles. The Bertz CT molecular complexity index is 842. The summed E-state index contributed by atoms with van der Waals surface area (Å²) < 4.78 is 25.9. The van der Waals surface area contributed by atoms with Crippen LogP contribution >= 0.6 is 0 Å². The number of methoxy groups -OCH3 is 3. The summed E-state index contributed by atoms with van der Waals surface area (Å²) in [6.07, 6.45) is 1.53. The van der Waals surface area contributed by atoms with Gasteiger partial charge in [-0.05, 0) is 26.0 Å². The summed E-state index contributed by atoms with van der Waals surface area (Å²) >= 11 is 0. The van der Waals surface area contributed by atoms with E-state index in [9.17, 15) is 9.59 Å². The molecule has 140 valence electrons. The summed E-state index contributed by atoms with van der Waals surface area (Å²) in [7, 11) is 4.20. The van der Waals surface area contributed by atoms with Gasteiger partial charge in [-0.2, -0.15) is 0 Å². The molecular formula is C18H21NO7. The van der Waals surface area contributed by atoms with Crippen molar-refractivity contribution in [3.05, 3.63) is 40.6 Å². The van der Waals surface area contributed by atoms with Gasteiger partial charge in [0.25, 0.3) is 0 Å². The second kappa shape index (κ2) is 8.01. The molecule has 0 bridgehead atoms. The molecule has 0 saturated carbocycles. The maximum atomic E-state index is 12.5. The molecule has 8 heteroatoms. The van der Waals surface area contributed by atoms with Crippen molar-refractivity contribution < 1.29 is 28.2 Å². The highest BCUT2D eigenvalue weighted by Gasteiger charge is 2.25. The van der Waals surface area contributed by atoms with Crippen molar-refractivity contribution in [2.75, 3.05) is 27.9 Å². The molecule has 0 atom stereocenters. The second-order valence-corrected chi connectivity index (χ2v) is 5.94. The Morgan fingerprint density at radius 3 is 2.62 bits per heavy atom. The van der Waals surface area contributed by atoms with Crippen LogP contribution in [0.3, 0.4) is 0 Å². The first kappa shape index (κ1) is 19.5. The monoisotopic (exact) mass is 363 g/mol. The Hall–Kier alpha value is -2.87. The van der Waals surface area contributed by atoms with Gasteiger partial charge in [-0.25, -0.2) is 9.59 Å². The number of carbonyl (C=O) groups is 1. The van der Waals surface area contributed by atoms with E-state index < -0.39 is 17.2 Å². The summed E-state index contributed by atoms with van der Waals surface area (Å²) in [6, 6.07) is 4.70. The highest BCUT2D eigenvalue weighted by molar-refractivity contribution is 5.88. The first-order valence-electron chi connectivity index (χ1n) is 7.76. The van der Waals surface area contributed by atoms with Crippen molar-refractivity contribution in [2.45, 2.75) is 19.4 Å². The van der Waals surface area contributed by atoms with E-state index >= 15 is 0 Å². The van der Waals surface area contributed by atoms with Gasteiger partial charge in [0.05, 0.1) is 25.4 Å². The number of carbonyl (C=O) groups excluding carboxylic acids is 1. The van der Waals surface area contributed by atoms with Gasteiger partial charge in [-0.3, -0.25) is 4.98 Å². The predicted octanol–water partition coefficient (Wildman–Crippen LogP) is 2.30. The second-order valence-electron chi connectivity index (χ2n) is 5.94. The molecular weight excluding hydrogens is 342 g/mol. The molecule has 0 amide bonds. The molecule has 0 aliphatic carbocycles. The molecule has 2 aromatic rings. The van der Waals surface area contributed by atoms with Crippen LogP contribution in [0.5, 0.6) is 11.5 Å². The number of esters is 1. The fraction of sp³-hybridized carbons (Fsp3) is 0.389. The Balaban J connectivity index is 2.63. The summed E-state index contributed by atoms with van der Waals surface area (Å²) in [4.78, 5) is 28.5. The van der Waals surface area contributed by atoms with Gasteiger partial charge in [-0.15, -0.1) is 0 Å². The number of rotatable bonds is 7. The van der Waals surface area contributed by atoms with Crippen LogP contribution < -0.4 is 15.1 Å². The normalized spacial score (nSPS) is 11.1. The molecule has 2 rings (SSSR count). The largest absolute Gasteiger partial charge is 0.494 e. The Kier molecular flexibility index (Phi) is 5.99. The molecule has 2 heterocycles. The zero-order chi connectivity index (χ0) is 19.3. The number of ether oxygens (including phenoxy) is 4. The molecule has 0 aliphatic heterocycles. The SMILES string of the molecule is COC(=O)c1cc(-c2ncccc2OC)c(OCC(C)(C)OC)c(=O)o1. The zero-order valence-corrected chi connectivity index (χ0v) is 15.3. The van der Waals surface area contributed by atoms with E-state index in [0.29, 0.717) is 11.4 Å². The first-order chi connectivity index (χ1) is 12.3. The van der Waals surface area contributed by atoms with Crippen LogP contribution in [0.2, 0.25) is 0 Å². The van der Waals surface area contributed by atoms with Crippen LogP contribution in [0.1, 0.15) is 24.4 Å². The predicted molar refractivity (Wildman–Crippen MR) is 92.7 cm³/mol. The summed E-state index contributed by atoms with van der Waals surface area (Å²) in [5.41, 5.74) is -0.884. The van der Waals surface area contributed by atoms with Gasteiger partial charge in [-0.1, -0.05) is 0 Å². The van der Waals surface area contributed by atoms with Crippen LogP contribution in [0, 0.1) is 0 Å². The Labute approximate surface area is 150 Å². The van der Waals surface area contributed by atoms with E-state index in [1.54, 1.807) is 26.0 Å². The summed E-state index contributed by atoms with van der Waals surface area (Å²) in [5, 5.41) is 0. The summed E-state index contributed by atoms with van der Waals surface area (Å²) in [6.45, 7) is 3.69. The lowest BCUT2D eigenvalue weighted by atomic mass is 10.1. The number of aromatic nitrogens is 1. The third-order valence-corrected chi connectivity index (χ3v) is 3.66. The van der Waals surface area contributed by atoms with Crippen molar-refractivity contribution in [3.8, 4) is 22.8 Å². The highest BCUT2D eigenvalue weighted by Crippen LogP contribution is 2.33. The number of pyridine rings is 1. The lowest BCUT2D eigenvalue weighted by molar-refractivity contribution is -0.0154. The number of hydrogen-bond donors (Lipinski definition) is 0. The molecule has 0 unspecified atom stereocenters. The van der Waals surface area contributed by atoms with Crippen molar-refractivity contribution in [2.24, 2.45) is 0 Å². The van der Waals surface area contributed by atoms with Gasteiger partial charge >= 0.3 is 11.6 Å². The third-order valence-electron chi connectivity index (χ3n) is 3.66. The minimum atomic E-state index is -0.831. The molecule has 0 saturated heterocycles. The van der Waals surface area contributed by atoms with E-state index in [-0.39, 0.29) is 23.7 Å². The minimum absolute atomic E-state index is 0.0774. The fourth-order valence-corrected chi connectivity index (χ4v) is 2.06. The van der Waals surface area contributed by atoms with Gasteiger partial charge in [0.15, 0.2) is 0 Å². The van der Waals surface area contributed by atoms with Crippen molar-refractivity contribution in [1.29, 1.82) is 0 Å². The van der Waals surface area contributed by atoms with E-state index in [1.807, 2.05) is 0 Å². The van der Waals surface area contributed by atoms with Crippen LogP contribution in [-0.2, 0) is 9.47 Å². The molecule has 0 N–H and O–H groups in total. The van der Waals surface area contributed by atoms with Crippen LogP contribution in [0.4, 0.5) is 0 Å². The maximum absolute atomic E-state index is 12.5. The summed E-state index contributed by atoms with van der Waals surface area (Å²) in [5.74, 6) is -0.745. The molecule has 0 spiro atoms. The number of hydrogen-bond acceptors (Lipinski definition) is 8. The van der Waals surface area contributed by atoms with Crippen LogP contribution in [-0.4, -0.2) is 44.5 Å². The average molecular weight is 363 g/mol. The van der Waals surface area contributed by atoms with Crippen molar-refractivity contribution >= 4 is 5.97 Å². The minimum Gasteiger partial charge on any atom is -0.494 e. The topological polar surface area (TPSA) is 97.1 Å². The molecule has 0 radical (unpaired) electrons. The molecule has 8 nitrogen and oxygen atoms in total. The quantitative estimate of drug-likeness (QED) is 0.691. The van der Waals surface area contributed by atoms with E-state index in [0.717, 1.165) is 0 Å². The van der Waals surface area contributed by atoms with Crippen LogP contribution in [0.25, 0.3) is 11.3 Å². The molecule has 0 fully saturated rings. The van der Waals surface area contributed by atoms with E-state index in [1.165, 1.54) is 33.6 Å². The number of nitrogens with zero attached hydrogens (tertiary/aromatic N) is 1. The average Bonchev–Trinajstić information content (AvgIpc) is 2.65. The van der Waals surface area contributed by atoms with Gasteiger partial charge in [0.2, 0.25) is 11.5 Å². The smallest absolute Gasteiger partial charge is 0.379 e. The third kappa shape index (κ3) is 4.20. The maximum Gasteiger partial charge on any atom is 0.379 e. The standard InChI is InChI=1S/C18H21NO7/c1-18(2,24-5)10-25-15-11(14-12(22-3)7-6-8-19-14)9-13(16(20)23-4)26-17(15)21/h6-9H,10H2,1-5H3. The lowest BCUT2D eigenvalue weighted by Gasteiger charge is -2.23. The van der Waals surface area contributed by atoms with E-state index in [4.69, 9.17) is 18.6 Å².